The number of aromatic nitrogens is 3. The van der Waals surface area contributed by atoms with Crippen LogP contribution in [0.15, 0.2) is 54.7 Å². The number of H-pyrrole nitrogens is 1. The van der Waals surface area contributed by atoms with E-state index in [0.717, 1.165) is 24.3 Å². The highest BCUT2D eigenvalue weighted by atomic mass is 16.2. The van der Waals surface area contributed by atoms with Gasteiger partial charge in [0.25, 0.3) is 5.91 Å². The monoisotopic (exact) mass is 333 g/mol. The molecule has 4 rings (SSSR count). The molecule has 0 bridgehead atoms. The third-order valence-electron chi connectivity index (χ3n) is 4.63. The maximum Gasteiger partial charge on any atom is 0.275 e. The van der Waals surface area contributed by atoms with Crippen LogP contribution in [-0.4, -0.2) is 26.0 Å². The van der Waals surface area contributed by atoms with Gasteiger partial charge in [-0.3, -0.25) is 19.8 Å². The van der Waals surface area contributed by atoms with Crippen molar-refractivity contribution in [3.8, 4) is 0 Å². The fourth-order valence-electron chi connectivity index (χ4n) is 3.15. The second kappa shape index (κ2) is 6.49. The van der Waals surface area contributed by atoms with Gasteiger partial charge in [-0.15, -0.1) is 0 Å². The molecule has 0 saturated carbocycles. The first kappa shape index (κ1) is 15.5. The number of anilines is 1. The van der Waals surface area contributed by atoms with E-state index in [1.54, 1.807) is 24.4 Å². The van der Waals surface area contributed by atoms with Gasteiger partial charge in [0.1, 0.15) is 5.69 Å². The molecule has 1 atom stereocenters. The molecule has 3 heterocycles. The Balaban J connectivity index is 1.49. The van der Waals surface area contributed by atoms with Gasteiger partial charge in [-0.1, -0.05) is 36.4 Å². The number of carbonyl (C=O) groups excluding carboxylic acids is 1. The molecule has 1 aromatic carbocycles. The second-order valence-corrected chi connectivity index (χ2v) is 6.19. The van der Waals surface area contributed by atoms with Gasteiger partial charge in [-0.2, -0.15) is 5.10 Å². The summed E-state index contributed by atoms with van der Waals surface area (Å²) < 4.78 is 0. The van der Waals surface area contributed by atoms with E-state index in [4.69, 9.17) is 0 Å². The quantitative estimate of drug-likeness (QED) is 0.769. The number of rotatable bonds is 4. The van der Waals surface area contributed by atoms with Crippen molar-refractivity contribution in [3.63, 3.8) is 0 Å². The molecule has 0 spiro atoms. The Morgan fingerprint density at radius 3 is 2.72 bits per heavy atom. The fraction of sp³-hybridized carbons (Fsp3) is 0.211. The van der Waals surface area contributed by atoms with E-state index in [9.17, 15) is 4.79 Å². The smallest absolute Gasteiger partial charge is 0.275 e. The van der Waals surface area contributed by atoms with E-state index < -0.39 is 0 Å². The van der Waals surface area contributed by atoms with E-state index in [-0.39, 0.29) is 5.91 Å². The molecule has 1 amide bonds. The normalized spacial score (nSPS) is 14.9. The van der Waals surface area contributed by atoms with E-state index in [0.29, 0.717) is 17.6 Å². The van der Waals surface area contributed by atoms with E-state index in [1.807, 2.05) is 6.07 Å². The Kier molecular flexibility index (Phi) is 4.03. The summed E-state index contributed by atoms with van der Waals surface area (Å²) in [6.07, 6.45) is 1.60. The van der Waals surface area contributed by atoms with Gasteiger partial charge in [0, 0.05) is 30.9 Å². The summed E-state index contributed by atoms with van der Waals surface area (Å²) in [6.45, 7) is 3.73. The number of aromatic amines is 1. The van der Waals surface area contributed by atoms with E-state index in [2.05, 4.69) is 56.6 Å². The molecule has 1 aliphatic rings. The predicted octanol–water partition coefficient (Wildman–Crippen LogP) is 3.13. The van der Waals surface area contributed by atoms with Gasteiger partial charge >= 0.3 is 0 Å². The lowest BCUT2D eigenvalue weighted by molar-refractivity contribution is 0.102. The van der Waals surface area contributed by atoms with Crippen molar-refractivity contribution in [3.05, 3.63) is 77.2 Å². The first-order chi connectivity index (χ1) is 12.2. The maximum absolute atomic E-state index is 12.3. The minimum atomic E-state index is -0.246. The zero-order valence-corrected chi connectivity index (χ0v) is 13.9. The third-order valence-corrected chi connectivity index (χ3v) is 4.63. The van der Waals surface area contributed by atoms with Gasteiger partial charge in [0.15, 0.2) is 5.82 Å². The van der Waals surface area contributed by atoms with Crippen molar-refractivity contribution in [1.82, 2.24) is 20.1 Å². The van der Waals surface area contributed by atoms with Crippen LogP contribution >= 0.6 is 0 Å². The summed E-state index contributed by atoms with van der Waals surface area (Å²) in [5.74, 6) is 0.345. The zero-order chi connectivity index (χ0) is 17.2. The van der Waals surface area contributed by atoms with E-state index in [1.165, 1.54) is 5.56 Å². The van der Waals surface area contributed by atoms with Crippen molar-refractivity contribution in [1.29, 1.82) is 0 Å². The van der Waals surface area contributed by atoms with Crippen LogP contribution in [0, 0.1) is 0 Å². The number of amides is 1. The molecule has 1 aliphatic heterocycles. The molecule has 126 valence electrons. The number of hydrogen-bond acceptors (Lipinski definition) is 4. The van der Waals surface area contributed by atoms with E-state index >= 15 is 0 Å². The number of benzene rings is 1. The summed E-state index contributed by atoms with van der Waals surface area (Å²) in [5, 5.41) is 10.2. The van der Waals surface area contributed by atoms with Gasteiger partial charge in [-0.25, -0.2) is 0 Å². The van der Waals surface area contributed by atoms with Crippen LogP contribution in [0.3, 0.4) is 0 Å². The number of hydrogen-bond donors (Lipinski definition) is 2. The van der Waals surface area contributed by atoms with Crippen molar-refractivity contribution >= 4 is 11.7 Å². The number of carbonyl (C=O) groups is 1. The number of pyridine rings is 1. The maximum atomic E-state index is 12.3. The van der Waals surface area contributed by atoms with Crippen LogP contribution in [0.2, 0.25) is 0 Å². The molecule has 0 radical (unpaired) electrons. The van der Waals surface area contributed by atoms with Gasteiger partial charge < -0.3 is 5.32 Å². The molecule has 1 unspecified atom stereocenters. The molecule has 2 aromatic heterocycles. The van der Waals surface area contributed by atoms with Crippen molar-refractivity contribution in [2.24, 2.45) is 0 Å². The Morgan fingerprint density at radius 1 is 1.16 bits per heavy atom. The van der Waals surface area contributed by atoms with Crippen molar-refractivity contribution < 1.29 is 4.79 Å². The third kappa shape index (κ3) is 3.04. The van der Waals surface area contributed by atoms with Gasteiger partial charge in [-0.05, 0) is 24.6 Å². The molecular formula is C19H19N5O. The SMILES string of the molecule is CC(c1ccccc1)N1Cc2[nH]nc(NC(=O)c3ccccn3)c2C1. The van der Waals surface area contributed by atoms with Crippen LogP contribution in [0.1, 0.15) is 40.3 Å². The first-order valence-corrected chi connectivity index (χ1v) is 8.30. The summed E-state index contributed by atoms with van der Waals surface area (Å²) in [6, 6.07) is 16.0. The van der Waals surface area contributed by atoms with Gasteiger partial charge in [0.05, 0.1) is 5.69 Å². The minimum absolute atomic E-state index is 0.246. The topological polar surface area (TPSA) is 73.9 Å². The molecule has 25 heavy (non-hydrogen) atoms. The molecule has 6 nitrogen and oxygen atoms in total. The zero-order valence-electron chi connectivity index (χ0n) is 13.9. The number of nitrogens with zero attached hydrogens (tertiary/aromatic N) is 3. The minimum Gasteiger partial charge on any atom is -0.303 e. The van der Waals surface area contributed by atoms with Crippen molar-refractivity contribution in [2.75, 3.05) is 5.32 Å². The Hall–Kier alpha value is -2.99. The highest BCUT2D eigenvalue weighted by Crippen LogP contribution is 2.33. The first-order valence-electron chi connectivity index (χ1n) is 8.30. The molecule has 0 aliphatic carbocycles. The summed E-state index contributed by atoms with van der Waals surface area (Å²) >= 11 is 0. The fourth-order valence-corrected chi connectivity index (χ4v) is 3.15. The van der Waals surface area contributed by atoms with Crippen LogP contribution < -0.4 is 5.32 Å². The molecule has 0 saturated heterocycles. The molecule has 6 heteroatoms. The Morgan fingerprint density at radius 2 is 1.96 bits per heavy atom. The van der Waals surface area contributed by atoms with Crippen LogP contribution in [0.4, 0.5) is 5.82 Å². The van der Waals surface area contributed by atoms with Crippen LogP contribution in [0.5, 0.6) is 0 Å². The van der Waals surface area contributed by atoms with Crippen LogP contribution in [0.25, 0.3) is 0 Å². The lowest BCUT2D eigenvalue weighted by Crippen LogP contribution is -2.22. The molecular weight excluding hydrogens is 314 g/mol. The molecule has 3 aromatic rings. The standard InChI is InChI=1S/C19H19N5O/c1-13(14-7-3-2-4-8-14)24-11-15-17(12-24)22-23-18(15)21-19(25)16-9-5-6-10-20-16/h2-10,13H,11-12H2,1H3,(H2,21,22,23,25). The Labute approximate surface area is 145 Å². The Bertz CT molecular complexity index is 875. The van der Waals surface area contributed by atoms with Crippen LogP contribution in [-0.2, 0) is 13.1 Å². The molecule has 2 N–H and O–H groups in total. The van der Waals surface area contributed by atoms with Crippen molar-refractivity contribution in [2.45, 2.75) is 26.1 Å². The lowest BCUT2D eigenvalue weighted by Gasteiger charge is -2.24. The summed E-state index contributed by atoms with van der Waals surface area (Å²) in [7, 11) is 0. The van der Waals surface area contributed by atoms with Gasteiger partial charge in [0.2, 0.25) is 0 Å². The summed E-state index contributed by atoms with van der Waals surface area (Å²) in [5.41, 5.74) is 3.76. The highest BCUT2D eigenvalue weighted by molar-refractivity contribution is 6.02. The molecule has 0 fully saturated rings. The largest absolute Gasteiger partial charge is 0.303 e. The predicted molar refractivity (Wildman–Crippen MR) is 94.9 cm³/mol. The summed E-state index contributed by atoms with van der Waals surface area (Å²) in [4.78, 5) is 18.7. The number of fused-ring (bicyclic) bond motifs is 1. The highest BCUT2D eigenvalue weighted by Gasteiger charge is 2.29. The average molecular weight is 333 g/mol. The number of nitrogens with one attached hydrogen (secondary N) is 2. The lowest BCUT2D eigenvalue weighted by atomic mass is 10.1. The second-order valence-electron chi connectivity index (χ2n) is 6.19. The average Bonchev–Trinajstić information content (AvgIpc) is 3.24.